The molecule has 1 aliphatic rings. The van der Waals surface area contributed by atoms with Crippen molar-refractivity contribution in [3.8, 4) is 0 Å². The summed E-state index contributed by atoms with van der Waals surface area (Å²) in [6.45, 7) is 0. The van der Waals surface area contributed by atoms with Crippen LogP contribution in [0.1, 0.15) is 15.8 Å². The second-order valence-electron chi connectivity index (χ2n) is 6.99. The van der Waals surface area contributed by atoms with Gasteiger partial charge in [-0.25, -0.2) is 18.2 Å². The maximum Gasteiger partial charge on any atom is 0.323 e. The molecule has 2 amide bonds. The number of hydrogen-bond donors (Lipinski definition) is 3. The van der Waals surface area contributed by atoms with Crippen LogP contribution in [0, 0.1) is 0 Å². The fourth-order valence-electron chi connectivity index (χ4n) is 3.52. The molecule has 3 aromatic carbocycles. The maximum absolute atomic E-state index is 13.1. The van der Waals surface area contributed by atoms with Gasteiger partial charge in [0.1, 0.15) is 5.01 Å². The molecule has 0 saturated carbocycles. The summed E-state index contributed by atoms with van der Waals surface area (Å²) < 4.78 is 30.3. The molecule has 162 valence electrons. The zero-order valence-corrected chi connectivity index (χ0v) is 20.1. The van der Waals surface area contributed by atoms with Crippen molar-refractivity contribution in [2.75, 3.05) is 15.4 Å². The minimum absolute atomic E-state index is 0.240. The number of nitrogens with zero attached hydrogens (tertiary/aromatic N) is 1. The lowest BCUT2D eigenvalue weighted by atomic mass is 10.1. The van der Waals surface area contributed by atoms with Crippen molar-refractivity contribution >= 4 is 82.2 Å². The molecule has 1 aromatic heterocycles. The summed E-state index contributed by atoms with van der Waals surface area (Å²) in [5.74, 6) is 0. The molecule has 0 saturated heterocycles. The van der Waals surface area contributed by atoms with Gasteiger partial charge < -0.3 is 10.6 Å². The summed E-state index contributed by atoms with van der Waals surface area (Å²) >= 11 is 11.1. The molecule has 0 spiro atoms. The highest BCUT2D eigenvalue weighted by Gasteiger charge is 2.43. The molecule has 1 aliphatic heterocycles. The number of thiazole rings is 1. The third-order valence-electron chi connectivity index (χ3n) is 4.91. The number of sulfonamides is 1. The average Bonchev–Trinajstić information content (AvgIpc) is 3.29. The molecular weight excluding hydrogens is 536 g/mol. The second kappa shape index (κ2) is 8.04. The number of halogens is 2. The van der Waals surface area contributed by atoms with Crippen LogP contribution < -0.4 is 15.4 Å². The maximum atomic E-state index is 13.1. The first-order valence-electron chi connectivity index (χ1n) is 9.35. The summed E-state index contributed by atoms with van der Waals surface area (Å²) in [5, 5.41) is 5.05. The number of benzene rings is 3. The van der Waals surface area contributed by atoms with Crippen molar-refractivity contribution in [2.45, 2.75) is 5.25 Å². The van der Waals surface area contributed by atoms with Crippen LogP contribution in [0.3, 0.4) is 0 Å². The van der Waals surface area contributed by atoms with Crippen molar-refractivity contribution < 1.29 is 13.2 Å². The van der Waals surface area contributed by atoms with E-state index in [0.717, 1.165) is 10.2 Å². The second-order valence-corrected chi connectivity index (χ2v) is 11.1. The number of fused-ring (bicyclic) bond motifs is 2. The number of para-hydroxylation sites is 2. The first kappa shape index (κ1) is 21.2. The van der Waals surface area contributed by atoms with Gasteiger partial charge in [-0.05, 0) is 52.3 Å². The summed E-state index contributed by atoms with van der Waals surface area (Å²) in [6, 6.07) is 17.2. The summed E-state index contributed by atoms with van der Waals surface area (Å²) in [7, 11) is -3.86. The third-order valence-corrected chi connectivity index (χ3v) is 8.75. The van der Waals surface area contributed by atoms with Crippen LogP contribution in [0.2, 0.25) is 5.02 Å². The van der Waals surface area contributed by atoms with E-state index in [9.17, 15) is 13.2 Å². The Balaban J connectivity index is 1.53. The lowest BCUT2D eigenvalue weighted by molar-refractivity contribution is 0.262. The fourth-order valence-corrected chi connectivity index (χ4v) is 7.21. The van der Waals surface area contributed by atoms with Gasteiger partial charge in [-0.1, -0.05) is 35.9 Å². The number of urea groups is 1. The van der Waals surface area contributed by atoms with Gasteiger partial charge in [-0.15, -0.1) is 11.3 Å². The van der Waals surface area contributed by atoms with Gasteiger partial charge >= 0.3 is 6.03 Å². The van der Waals surface area contributed by atoms with E-state index in [4.69, 9.17) is 11.6 Å². The first-order valence-corrected chi connectivity index (χ1v) is 12.9. The van der Waals surface area contributed by atoms with Crippen LogP contribution in [0.25, 0.3) is 10.2 Å². The lowest BCUT2D eigenvalue weighted by Gasteiger charge is -2.13. The SMILES string of the molecule is O=C(Nc1ccccc1Br)Nc1ccc(Cl)c2c1NS(=O)(=O)C2c1nc2ccccc2s1. The predicted octanol–water partition coefficient (Wildman–Crippen LogP) is 6.20. The largest absolute Gasteiger partial charge is 0.323 e. The quantitative estimate of drug-likeness (QED) is 0.283. The molecule has 0 aliphatic carbocycles. The number of amides is 2. The molecule has 0 bridgehead atoms. The van der Waals surface area contributed by atoms with Gasteiger partial charge in [0.05, 0.1) is 27.3 Å². The Morgan fingerprint density at radius 1 is 1.03 bits per heavy atom. The molecule has 11 heteroatoms. The normalized spacial score (nSPS) is 16.4. The monoisotopic (exact) mass is 548 g/mol. The van der Waals surface area contributed by atoms with Crippen molar-refractivity contribution in [2.24, 2.45) is 0 Å². The Kier molecular flexibility index (Phi) is 5.32. The number of rotatable bonds is 3. The number of anilines is 3. The van der Waals surface area contributed by atoms with E-state index in [1.54, 1.807) is 30.3 Å². The van der Waals surface area contributed by atoms with E-state index in [2.05, 4.69) is 36.3 Å². The minimum atomic E-state index is -3.86. The Bertz CT molecular complexity index is 1460. The van der Waals surface area contributed by atoms with Gasteiger partial charge in [0.15, 0.2) is 5.25 Å². The highest BCUT2D eigenvalue weighted by molar-refractivity contribution is 9.10. The summed E-state index contributed by atoms with van der Waals surface area (Å²) in [4.78, 5) is 17.1. The molecular formula is C21H14BrClN4O3S2. The zero-order valence-electron chi connectivity index (χ0n) is 16.1. The lowest BCUT2D eigenvalue weighted by Crippen LogP contribution is -2.20. The van der Waals surface area contributed by atoms with Crippen LogP contribution >= 0.6 is 38.9 Å². The molecule has 7 nitrogen and oxygen atoms in total. The molecule has 3 N–H and O–H groups in total. The number of hydrogen-bond acceptors (Lipinski definition) is 5. The number of carbonyl (C=O) groups excluding carboxylic acids is 1. The topological polar surface area (TPSA) is 100 Å². The van der Waals surface area contributed by atoms with Gasteiger partial charge in [-0.3, -0.25) is 4.72 Å². The van der Waals surface area contributed by atoms with E-state index in [0.29, 0.717) is 26.4 Å². The molecule has 5 rings (SSSR count). The Morgan fingerprint density at radius 3 is 2.53 bits per heavy atom. The summed E-state index contributed by atoms with van der Waals surface area (Å²) in [6.07, 6.45) is 0. The van der Waals surface area contributed by atoms with E-state index in [-0.39, 0.29) is 10.7 Å². The molecule has 2 heterocycles. The number of carbonyl (C=O) groups is 1. The fraction of sp³-hybridized carbons (Fsp3) is 0.0476. The highest BCUT2D eigenvalue weighted by Crippen LogP contribution is 2.50. The number of nitrogens with one attached hydrogen (secondary N) is 3. The standard InChI is InChI=1S/C21H14BrClN4O3S2/c22-11-5-1-2-6-13(11)25-21(28)26-15-10-9-12(23)17-18(15)27-32(29,30)19(17)20-24-14-7-3-4-8-16(14)31-20/h1-10,19,27H,(H2,25,26,28). The highest BCUT2D eigenvalue weighted by atomic mass is 79.9. The van der Waals surface area contributed by atoms with Gasteiger partial charge in [0, 0.05) is 15.1 Å². The molecule has 1 atom stereocenters. The van der Waals surface area contributed by atoms with Crippen LogP contribution in [0.15, 0.2) is 65.1 Å². The molecule has 0 fully saturated rings. The Hall–Kier alpha value is -2.66. The zero-order chi connectivity index (χ0) is 22.5. The first-order chi connectivity index (χ1) is 15.3. The van der Waals surface area contributed by atoms with E-state index >= 15 is 0 Å². The molecule has 0 radical (unpaired) electrons. The van der Waals surface area contributed by atoms with E-state index in [1.165, 1.54) is 11.3 Å². The molecule has 32 heavy (non-hydrogen) atoms. The van der Waals surface area contributed by atoms with Gasteiger partial charge in [-0.2, -0.15) is 0 Å². The smallest absolute Gasteiger partial charge is 0.307 e. The molecule has 1 unspecified atom stereocenters. The van der Waals surface area contributed by atoms with Crippen LogP contribution in [0.5, 0.6) is 0 Å². The molecule has 4 aromatic rings. The van der Waals surface area contributed by atoms with Crippen LogP contribution in [-0.2, 0) is 10.0 Å². The van der Waals surface area contributed by atoms with Crippen LogP contribution in [0.4, 0.5) is 21.9 Å². The Labute approximate surface area is 201 Å². The Morgan fingerprint density at radius 2 is 1.75 bits per heavy atom. The van der Waals surface area contributed by atoms with Crippen molar-refractivity contribution in [1.29, 1.82) is 0 Å². The van der Waals surface area contributed by atoms with Gasteiger partial charge in [0.25, 0.3) is 0 Å². The van der Waals surface area contributed by atoms with Crippen molar-refractivity contribution in [1.82, 2.24) is 4.98 Å². The van der Waals surface area contributed by atoms with Crippen LogP contribution in [-0.4, -0.2) is 19.4 Å². The van der Waals surface area contributed by atoms with Gasteiger partial charge in [0.2, 0.25) is 10.0 Å². The van der Waals surface area contributed by atoms with Crippen molar-refractivity contribution in [3.05, 3.63) is 80.7 Å². The average molecular weight is 550 g/mol. The predicted molar refractivity (Wildman–Crippen MR) is 132 cm³/mol. The number of aromatic nitrogens is 1. The van der Waals surface area contributed by atoms with Crippen molar-refractivity contribution in [3.63, 3.8) is 0 Å². The third kappa shape index (κ3) is 3.73. The van der Waals surface area contributed by atoms with E-state index in [1.807, 2.05) is 30.3 Å². The minimum Gasteiger partial charge on any atom is -0.307 e. The summed E-state index contributed by atoms with van der Waals surface area (Å²) in [5.41, 5.74) is 2.19. The van der Waals surface area contributed by atoms with E-state index < -0.39 is 21.3 Å².